The Morgan fingerprint density at radius 3 is 2.52 bits per heavy atom. The molecule has 170 valence electrons. The minimum atomic E-state index is -0.363. The molecule has 4 rings (SSSR count). The highest BCUT2D eigenvalue weighted by molar-refractivity contribution is 5.97. The zero-order chi connectivity index (χ0) is 23.0. The number of amides is 2. The molecule has 2 aromatic carbocycles. The van der Waals surface area contributed by atoms with Crippen molar-refractivity contribution in [3.63, 3.8) is 0 Å². The van der Waals surface area contributed by atoms with Gasteiger partial charge in [0, 0.05) is 42.3 Å². The Hall–Kier alpha value is -3.75. The molecule has 1 aliphatic heterocycles. The van der Waals surface area contributed by atoms with Gasteiger partial charge < -0.3 is 15.4 Å². The third kappa shape index (κ3) is 5.94. The first-order valence-electron chi connectivity index (χ1n) is 10.8. The smallest absolute Gasteiger partial charge is 0.274 e. The molecule has 0 spiro atoms. The molecule has 1 aliphatic rings. The van der Waals surface area contributed by atoms with Crippen molar-refractivity contribution >= 4 is 29.0 Å². The first-order chi connectivity index (χ1) is 16.1. The van der Waals surface area contributed by atoms with Crippen molar-refractivity contribution in [3.05, 3.63) is 72.4 Å². The summed E-state index contributed by atoms with van der Waals surface area (Å²) < 4.78 is 5.34. The maximum atomic E-state index is 12.6. The summed E-state index contributed by atoms with van der Waals surface area (Å²) in [6.07, 6.45) is 3.05. The topological polar surface area (TPSA) is 102 Å². The second kappa shape index (κ2) is 10.7. The summed E-state index contributed by atoms with van der Waals surface area (Å²) in [5.74, 6) is -0.0274. The van der Waals surface area contributed by atoms with Gasteiger partial charge in [0.15, 0.2) is 0 Å². The predicted octanol–water partition coefficient (Wildman–Crippen LogP) is 4.15. The number of nitrogens with zero attached hydrogens (tertiary/aromatic N) is 1. The zero-order valence-electron chi connectivity index (χ0n) is 18.3. The number of carbonyl (C=O) groups is 2. The van der Waals surface area contributed by atoms with Gasteiger partial charge in [-0.05, 0) is 66.4 Å². The van der Waals surface area contributed by atoms with Crippen LogP contribution in [0.5, 0.6) is 0 Å². The number of pyridine rings is 1. The van der Waals surface area contributed by atoms with Crippen LogP contribution in [0.3, 0.4) is 0 Å². The molecule has 8 heteroatoms. The van der Waals surface area contributed by atoms with Crippen molar-refractivity contribution in [2.24, 2.45) is 5.92 Å². The Morgan fingerprint density at radius 1 is 0.970 bits per heavy atom. The normalized spacial score (nSPS) is 13.8. The summed E-state index contributed by atoms with van der Waals surface area (Å²) in [5, 5.41) is 6.24. The Labute approximate surface area is 192 Å². The van der Waals surface area contributed by atoms with Gasteiger partial charge in [0.25, 0.3) is 5.91 Å². The van der Waals surface area contributed by atoms with E-state index in [-0.39, 0.29) is 17.7 Å². The van der Waals surface area contributed by atoms with E-state index in [0.29, 0.717) is 37.4 Å². The molecule has 33 heavy (non-hydrogen) atoms. The maximum Gasteiger partial charge on any atom is 0.274 e. The quantitative estimate of drug-likeness (QED) is 0.472. The van der Waals surface area contributed by atoms with E-state index >= 15 is 0 Å². The number of benzene rings is 2. The number of carbonyl (C=O) groups excluding carboxylic acids is 2. The molecule has 0 radical (unpaired) electrons. The highest BCUT2D eigenvalue weighted by Crippen LogP contribution is 2.28. The van der Waals surface area contributed by atoms with Crippen LogP contribution in [0.2, 0.25) is 0 Å². The van der Waals surface area contributed by atoms with Crippen LogP contribution in [0.1, 0.15) is 23.2 Å². The molecule has 1 fully saturated rings. The maximum absolute atomic E-state index is 12.6. The van der Waals surface area contributed by atoms with Crippen molar-refractivity contribution in [2.75, 3.05) is 31.0 Å². The molecule has 0 saturated carbocycles. The molecule has 2 heterocycles. The van der Waals surface area contributed by atoms with Gasteiger partial charge in [-0.15, -0.1) is 0 Å². The van der Waals surface area contributed by atoms with Crippen LogP contribution < -0.4 is 16.1 Å². The summed E-state index contributed by atoms with van der Waals surface area (Å²) in [6.45, 7) is 1.19. The zero-order valence-corrected chi connectivity index (χ0v) is 18.3. The van der Waals surface area contributed by atoms with Crippen LogP contribution in [0.4, 0.5) is 17.2 Å². The average Bonchev–Trinajstić information content (AvgIpc) is 2.85. The second-order valence-electron chi connectivity index (χ2n) is 7.73. The largest absolute Gasteiger partial charge is 0.381 e. The molecular formula is C25H26N4O4. The first kappa shape index (κ1) is 22.4. The Kier molecular flexibility index (Phi) is 7.29. The Morgan fingerprint density at radius 2 is 1.76 bits per heavy atom. The lowest BCUT2D eigenvalue weighted by molar-refractivity contribution is -0.122. The summed E-state index contributed by atoms with van der Waals surface area (Å²) in [4.78, 5) is 34.2. The number of rotatable bonds is 7. The lowest BCUT2D eigenvalue weighted by Crippen LogP contribution is -2.28. The first-order valence-corrected chi connectivity index (χ1v) is 10.8. The molecule has 3 N–H and O–H groups in total. The fraction of sp³-hybridized carbons (Fsp3) is 0.240. The van der Waals surface area contributed by atoms with Gasteiger partial charge in [-0.3, -0.25) is 14.4 Å². The summed E-state index contributed by atoms with van der Waals surface area (Å²) in [7, 11) is 1.39. The lowest BCUT2D eigenvalue weighted by Gasteiger charge is -2.21. The average molecular weight is 447 g/mol. The SMILES string of the molecule is CONC(=O)c1cc(Nc2ccccc2)cc(-c2ccnc(NC(=O)C3CCOCC3)c2)c1. The van der Waals surface area contributed by atoms with Gasteiger partial charge in [0.1, 0.15) is 5.82 Å². The van der Waals surface area contributed by atoms with Gasteiger partial charge in [-0.25, -0.2) is 10.5 Å². The van der Waals surface area contributed by atoms with E-state index in [4.69, 9.17) is 9.57 Å². The van der Waals surface area contributed by atoms with E-state index in [1.54, 1.807) is 24.4 Å². The monoisotopic (exact) mass is 446 g/mol. The van der Waals surface area contributed by atoms with Crippen molar-refractivity contribution in [3.8, 4) is 11.1 Å². The van der Waals surface area contributed by atoms with E-state index in [0.717, 1.165) is 22.5 Å². The van der Waals surface area contributed by atoms with E-state index < -0.39 is 0 Å². The molecule has 0 unspecified atom stereocenters. The number of ether oxygens (including phenoxy) is 1. The summed E-state index contributed by atoms with van der Waals surface area (Å²) in [5.41, 5.74) is 6.03. The predicted molar refractivity (Wildman–Crippen MR) is 126 cm³/mol. The molecule has 0 bridgehead atoms. The minimum Gasteiger partial charge on any atom is -0.381 e. The Balaban J connectivity index is 1.62. The fourth-order valence-corrected chi connectivity index (χ4v) is 3.70. The van der Waals surface area contributed by atoms with Crippen LogP contribution in [-0.2, 0) is 14.4 Å². The van der Waals surface area contributed by atoms with Gasteiger partial charge >= 0.3 is 0 Å². The number of hydroxylamine groups is 1. The van der Waals surface area contributed by atoms with E-state index in [1.165, 1.54) is 7.11 Å². The van der Waals surface area contributed by atoms with Crippen LogP contribution in [0.15, 0.2) is 66.9 Å². The Bertz CT molecular complexity index is 1110. The van der Waals surface area contributed by atoms with E-state index in [2.05, 4.69) is 21.1 Å². The second-order valence-corrected chi connectivity index (χ2v) is 7.73. The molecule has 8 nitrogen and oxygen atoms in total. The fourth-order valence-electron chi connectivity index (χ4n) is 3.70. The van der Waals surface area contributed by atoms with Crippen molar-refractivity contribution in [1.29, 1.82) is 0 Å². The van der Waals surface area contributed by atoms with Crippen molar-refractivity contribution < 1.29 is 19.2 Å². The van der Waals surface area contributed by atoms with Crippen LogP contribution >= 0.6 is 0 Å². The number of para-hydroxylation sites is 1. The molecule has 1 saturated heterocycles. The van der Waals surface area contributed by atoms with Gasteiger partial charge in [0.2, 0.25) is 5.91 Å². The molecule has 2 amide bonds. The van der Waals surface area contributed by atoms with Crippen molar-refractivity contribution in [1.82, 2.24) is 10.5 Å². The van der Waals surface area contributed by atoms with E-state index in [1.807, 2.05) is 42.5 Å². The van der Waals surface area contributed by atoms with Crippen LogP contribution in [0, 0.1) is 5.92 Å². The number of hydrogen-bond donors (Lipinski definition) is 3. The molecule has 1 aromatic heterocycles. The van der Waals surface area contributed by atoms with Gasteiger partial charge in [-0.2, -0.15) is 0 Å². The number of anilines is 3. The standard InChI is InChI=1S/C25H26N4O4/c1-32-29-25(31)20-13-19(14-22(15-20)27-21-5-3-2-4-6-21)18-7-10-26-23(16-18)28-24(30)17-8-11-33-12-9-17/h2-7,10,13-17,27H,8-9,11-12H2,1H3,(H,29,31)(H,26,28,30). The highest BCUT2D eigenvalue weighted by Gasteiger charge is 2.22. The van der Waals surface area contributed by atoms with Crippen molar-refractivity contribution in [2.45, 2.75) is 12.8 Å². The number of aromatic nitrogens is 1. The van der Waals surface area contributed by atoms with Gasteiger partial charge in [0.05, 0.1) is 7.11 Å². The summed E-state index contributed by atoms with van der Waals surface area (Å²) >= 11 is 0. The molecule has 3 aromatic rings. The number of nitrogens with one attached hydrogen (secondary N) is 3. The lowest BCUT2D eigenvalue weighted by atomic mass is 9.99. The van der Waals surface area contributed by atoms with Crippen LogP contribution in [-0.4, -0.2) is 37.1 Å². The molecule has 0 aliphatic carbocycles. The minimum absolute atomic E-state index is 0.0531. The summed E-state index contributed by atoms with van der Waals surface area (Å²) in [6, 6.07) is 18.8. The third-order valence-electron chi connectivity index (χ3n) is 5.39. The number of hydrogen-bond acceptors (Lipinski definition) is 6. The van der Waals surface area contributed by atoms with Gasteiger partial charge in [-0.1, -0.05) is 18.2 Å². The van der Waals surface area contributed by atoms with Crippen LogP contribution in [0.25, 0.3) is 11.1 Å². The van der Waals surface area contributed by atoms with E-state index in [9.17, 15) is 9.59 Å². The highest BCUT2D eigenvalue weighted by atomic mass is 16.6. The third-order valence-corrected chi connectivity index (χ3v) is 5.39. The molecular weight excluding hydrogens is 420 g/mol. The molecule has 0 atom stereocenters.